The Morgan fingerprint density at radius 2 is 2.38 bits per heavy atom. The monoisotopic (exact) mass is 112 g/mol. The molecule has 1 unspecified atom stereocenters. The molecule has 1 atom stereocenters. The van der Waals surface area contributed by atoms with Crippen molar-refractivity contribution in [3.8, 4) is 0 Å². The lowest BCUT2D eigenvalue weighted by atomic mass is 10.1. The summed E-state index contributed by atoms with van der Waals surface area (Å²) in [4.78, 5) is 10.1. The largest absolute Gasteiger partial charge is 0.303 e. The summed E-state index contributed by atoms with van der Waals surface area (Å²) < 4.78 is 0. The third kappa shape index (κ3) is 2.56. The van der Waals surface area contributed by atoms with E-state index >= 15 is 0 Å². The second kappa shape index (κ2) is 4.57. The van der Waals surface area contributed by atoms with Crippen LogP contribution >= 0.6 is 0 Å². The molecule has 0 radical (unpaired) electrons. The van der Waals surface area contributed by atoms with Gasteiger partial charge in [0.25, 0.3) is 0 Å². The minimum atomic E-state index is 0.0833. The molecule has 0 saturated carbocycles. The van der Waals surface area contributed by atoms with Gasteiger partial charge in [-0.05, 0) is 6.42 Å². The Balaban J connectivity index is 3.35. The number of hydrogen-bond donors (Lipinski definition) is 0. The molecule has 8 heavy (non-hydrogen) atoms. The van der Waals surface area contributed by atoms with E-state index in [9.17, 15) is 4.79 Å². The zero-order valence-electron chi connectivity index (χ0n) is 5.26. The second-order valence-electron chi connectivity index (χ2n) is 1.82. The van der Waals surface area contributed by atoms with Crippen molar-refractivity contribution in [1.82, 2.24) is 0 Å². The molecule has 46 valence electrons. The first-order chi connectivity index (χ1) is 3.85. The van der Waals surface area contributed by atoms with E-state index in [1.165, 1.54) is 0 Å². The van der Waals surface area contributed by atoms with Crippen LogP contribution in [0.25, 0.3) is 0 Å². The summed E-state index contributed by atoms with van der Waals surface area (Å²) in [5, 5.41) is 0. The first-order valence-corrected chi connectivity index (χ1v) is 2.93. The molecule has 1 heteroatoms. The SMILES string of the molecule is C=CC(C=O)CCC. The zero-order chi connectivity index (χ0) is 6.41. The van der Waals surface area contributed by atoms with Crippen molar-refractivity contribution in [2.45, 2.75) is 19.8 Å². The number of aldehydes is 1. The van der Waals surface area contributed by atoms with Gasteiger partial charge in [-0.25, -0.2) is 0 Å². The van der Waals surface area contributed by atoms with Crippen LogP contribution in [0.1, 0.15) is 19.8 Å². The molecule has 0 aromatic rings. The van der Waals surface area contributed by atoms with E-state index in [0.29, 0.717) is 0 Å². The molecule has 0 bridgehead atoms. The first-order valence-electron chi connectivity index (χ1n) is 2.93. The predicted molar refractivity (Wildman–Crippen MR) is 34.7 cm³/mol. The molecule has 0 aliphatic heterocycles. The van der Waals surface area contributed by atoms with E-state index in [-0.39, 0.29) is 5.92 Å². The minimum absolute atomic E-state index is 0.0833. The van der Waals surface area contributed by atoms with Gasteiger partial charge in [0.1, 0.15) is 6.29 Å². The smallest absolute Gasteiger partial charge is 0.126 e. The van der Waals surface area contributed by atoms with Crippen LogP contribution in [0.5, 0.6) is 0 Å². The number of allylic oxidation sites excluding steroid dienone is 1. The first kappa shape index (κ1) is 7.41. The molecular formula is C7H12O. The Morgan fingerprint density at radius 3 is 2.50 bits per heavy atom. The van der Waals surface area contributed by atoms with Crippen LogP contribution in [0.2, 0.25) is 0 Å². The van der Waals surface area contributed by atoms with E-state index in [1.807, 2.05) is 0 Å². The Hall–Kier alpha value is -0.590. The topological polar surface area (TPSA) is 17.1 Å². The summed E-state index contributed by atoms with van der Waals surface area (Å²) in [7, 11) is 0. The van der Waals surface area contributed by atoms with Crippen molar-refractivity contribution < 1.29 is 4.79 Å². The molecule has 0 spiro atoms. The Labute approximate surface area is 50.4 Å². The van der Waals surface area contributed by atoms with Crippen molar-refractivity contribution >= 4 is 6.29 Å². The highest BCUT2D eigenvalue weighted by Gasteiger charge is 1.96. The third-order valence-electron chi connectivity index (χ3n) is 1.10. The number of carbonyl (C=O) groups excluding carboxylic acids is 1. The number of carbonyl (C=O) groups is 1. The Bertz CT molecular complexity index is 68.5. The van der Waals surface area contributed by atoms with Gasteiger partial charge in [-0.15, -0.1) is 6.58 Å². The van der Waals surface area contributed by atoms with E-state index in [1.54, 1.807) is 6.08 Å². The lowest BCUT2D eigenvalue weighted by Gasteiger charge is -1.97. The van der Waals surface area contributed by atoms with Crippen molar-refractivity contribution in [3.05, 3.63) is 12.7 Å². The number of rotatable bonds is 4. The second-order valence-corrected chi connectivity index (χ2v) is 1.82. The lowest BCUT2D eigenvalue weighted by Crippen LogP contribution is -1.94. The molecule has 0 N–H and O–H groups in total. The summed E-state index contributed by atoms with van der Waals surface area (Å²) >= 11 is 0. The number of hydrogen-bond acceptors (Lipinski definition) is 1. The molecule has 0 rings (SSSR count). The molecular weight excluding hydrogens is 100 g/mol. The van der Waals surface area contributed by atoms with Gasteiger partial charge in [0, 0.05) is 5.92 Å². The van der Waals surface area contributed by atoms with Gasteiger partial charge < -0.3 is 4.79 Å². The van der Waals surface area contributed by atoms with Gasteiger partial charge in [-0.2, -0.15) is 0 Å². The highest BCUT2D eigenvalue weighted by atomic mass is 16.1. The van der Waals surface area contributed by atoms with Crippen LogP contribution in [0.4, 0.5) is 0 Å². The van der Waals surface area contributed by atoms with Gasteiger partial charge in [-0.1, -0.05) is 19.4 Å². The normalized spacial score (nSPS) is 12.6. The fourth-order valence-electron chi connectivity index (χ4n) is 0.575. The summed E-state index contributed by atoms with van der Waals surface area (Å²) in [6.45, 7) is 5.57. The van der Waals surface area contributed by atoms with Crippen LogP contribution in [-0.4, -0.2) is 6.29 Å². The van der Waals surface area contributed by atoms with Crippen molar-refractivity contribution in [2.75, 3.05) is 0 Å². The van der Waals surface area contributed by atoms with Crippen LogP contribution in [-0.2, 0) is 4.79 Å². The minimum Gasteiger partial charge on any atom is -0.303 e. The summed E-state index contributed by atoms with van der Waals surface area (Å²) in [5.74, 6) is 0.0833. The summed E-state index contributed by atoms with van der Waals surface area (Å²) in [6, 6.07) is 0. The van der Waals surface area contributed by atoms with Crippen LogP contribution in [0.3, 0.4) is 0 Å². The molecule has 0 saturated heterocycles. The van der Waals surface area contributed by atoms with Crippen molar-refractivity contribution in [1.29, 1.82) is 0 Å². The third-order valence-corrected chi connectivity index (χ3v) is 1.10. The average Bonchev–Trinajstić information content (AvgIpc) is 1.83. The maximum Gasteiger partial charge on any atom is 0.126 e. The fourth-order valence-corrected chi connectivity index (χ4v) is 0.575. The highest BCUT2D eigenvalue weighted by molar-refractivity contribution is 5.55. The molecule has 0 heterocycles. The van der Waals surface area contributed by atoms with Crippen molar-refractivity contribution in [3.63, 3.8) is 0 Å². The van der Waals surface area contributed by atoms with Crippen LogP contribution in [0, 0.1) is 5.92 Å². The molecule has 0 fully saturated rings. The fraction of sp³-hybridized carbons (Fsp3) is 0.571. The molecule has 0 amide bonds. The predicted octanol–water partition coefficient (Wildman–Crippen LogP) is 1.79. The summed E-state index contributed by atoms with van der Waals surface area (Å²) in [6.07, 6.45) is 4.62. The van der Waals surface area contributed by atoms with Gasteiger partial charge in [0.15, 0.2) is 0 Å². The van der Waals surface area contributed by atoms with Crippen molar-refractivity contribution in [2.24, 2.45) is 5.92 Å². The quantitative estimate of drug-likeness (QED) is 0.400. The average molecular weight is 112 g/mol. The van der Waals surface area contributed by atoms with Gasteiger partial charge >= 0.3 is 0 Å². The van der Waals surface area contributed by atoms with E-state index in [2.05, 4.69) is 13.5 Å². The van der Waals surface area contributed by atoms with Crippen LogP contribution in [0.15, 0.2) is 12.7 Å². The maximum atomic E-state index is 10.1. The molecule has 0 aromatic carbocycles. The van der Waals surface area contributed by atoms with E-state index in [0.717, 1.165) is 19.1 Å². The molecule has 1 nitrogen and oxygen atoms in total. The van der Waals surface area contributed by atoms with Gasteiger partial charge in [0.2, 0.25) is 0 Å². The zero-order valence-corrected chi connectivity index (χ0v) is 5.26. The maximum absolute atomic E-state index is 10.1. The standard InChI is InChI=1S/C7H12O/c1-3-5-7(4-2)6-8/h4,6-7H,2-3,5H2,1H3. The molecule has 0 aliphatic rings. The highest BCUT2D eigenvalue weighted by Crippen LogP contribution is 2.01. The Morgan fingerprint density at radius 1 is 1.75 bits per heavy atom. The van der Waals surface area contributed by atoms with E-state index < -0.39 is 0 Å². The van der Waals surface area contributed by atoms with Gasteiger partial charge in [-0.3, -0.25) is 0 Å². The summed E-state index contributed by atoms with van der Waals surface area (Å²) in [5.41, 5.74) is 0. The lowest BCUT2D eigenvalue weighted by molar-refractivity contribution is -0.110. The van der Waals surface area contributed by atoms with Gasteiger partial charge in [0.05, 0.1) is 0 Å². The Kier molecular flexibility index (Phi) is 4.23. The van der Waals surface area contributed by atoms with Crippen LogP contribution < -0.4 is 0 Å². The van der Waals surface area contributed by atoms with E-state index in [4.69, 9.17) is 0 Å². The molecule has 0 aliphatic carbocycles. The molecule has 0 aromatic heterocycles.